The van der Waals surface area contributed by atoms with Crippen LogP contribution in [0, 0.1) is 11.8 Å². The highest BCUT2D eigenvalue weighted by atomic mass is 16.6. The summed E-state index contributed by atoms with van der Waals surface area (Å²) in [6.45, 7) is 13.1. The minimum absolute atomic E-state index is 0.0331. The topological polar surface area (TPSA) is 95.9 Å². The van der Waals surface area contributed by atoms with Crippen LogP contribution in [0.3, 0.4) is 0 Å². The number of rotatable bonds is 10. The van der Waals surface area contributed by atoms with Crippen LogP contribution in [0.25, 0.3) is 0 Å². The number of allylic oxidation sites excluding steroid dienone is 1. The van der Waals surface area contributed by atoms with Crippen LogP contribution in [0.2, 0.25) is 0 Å². The largest absolute Gasteiger partial charge is 0.465 e. The highest BCUT2D eigenvalue weighted by Crippen LogP contribution is 2.60. The van der Waals surface area contributed by atoms with Gasteiger partial charge in [0.2, 0.25) is 0 Å². The summed E-state index contributed by atoms with van der Waals surface area (Å²) in [6.07, 6.45) is 9.52. The number of carboxylic acid groups (broad SMARTS) is 1. The van der Waals surface area contributed by atoms with Crippen molar-refractivity contribution in [1.29, 1.82) is 0 Å². The predicted molar refractivity (Wildman–Crippen MR) is 149 cm³/mol. The Kier molecular flexibility index (Phi) is 7.92. The average Bonchev–Trinajstić information content (AvgIpc) is 3.66. The maximum atomic E-state index is 13.2. The van der Waals surface area contributed by atoms with Gasteiger partial charge in [-0.15, -0.1) is 0 Å². The van der Waals surface area contributed by atoms with E-state index in [2.05, 4.69) is 57.2 Å². The molecule has 3 aliphatic heterocycles. The van der Waals surface area contributed by atoms with Crippen LogP contribution in [0.5, 0.6) is 0 Å². The lowest BCUT2D eigenvalue weighted by Gasteiger charge is -2.49. The first-order chi connectivity index (χ1) is 18.5. The van der Waals surface area contributed by atoms with Crippen molar-refractivity contribution in [1.82, 2.24) is 19.4 Å². The Morgan fingerprint density at radius 2 is 2.10 bits per heavy atom. The van der Waals surface area contributed by atoms with Crippen molar-refractivity contribution < 1.29 is 24.1 Å². The Morgan fingerprint density at radius 1 is 1.36 bits per heavy atom. The normalized spacial score (nSPS) is 36.8. The van der Waals surface area contributed by atoms with E-state index in [4.69, 9.17) is 19.2 Å². The van der Waals surface area contributed by atoms with Gasteiger partial charge in [0, 0.05) is 38.0 Å². The third kappa shape index (κ3) is 5.27. The SMILES string of the molecule is CO[C@@H]1[C@H](N(C(=O)O)C(c2nccn2C[C@@H]2CCCN2C)C(C)C)CC[C@]2(CO2)[C@H]1[C@@]1(C)O[C@@H]1CC=C(C)C. The molecule has 4 aliphatic rings. The summed E-state index contributed by atoms with van der Waals surface area (Å²) in [5.41, 5.74) is 0.561. The van der Waals surface area contributed by atoms with Gasteiger partial charge in [0.05, 0.1) is 36.5 Å². The van der Waals surface area contributed by atoms with E-state index in [0.717, 1.165) is 38.2 Å². The van der Waals surface area contributed by atoms with Crippen molar-refractivity contribution in [3.05, 3.63) is 29.9 Å². The molecule has 1 N–H and O–H groups in total. The molecule has 0 bridgehead atoms. The van der Waals surface area contributed by atoms with Crippen molar-refractivity contribution in [3.8, 4) is 0 Å². The number of methoxy groups -OCH3 is 1. The van der Waals surface area contributed by atoms with E-state index in [1.165, 1.54) is 12.0 Å². The third-order valence-electron chi connectivity index (χ3n) is 9.86. The van der Waals surface area contributed by atoms with Gasteiger partial charge in [-0.1, -0.05) is 25.5 Å². The standard InChI is InChI=1S/C30H48N4O5/c1-19(2)10-11-23-29(5,39-23)26-25(37-7)22(12-13-30(26)18-38-30)34(28(35)36)24(20(3)4)27-31-14-16-33(27)17-21-9-8-15-32(21)6/h10,14,16,20-26H,8-9,11-13,15,17-18H2,1-7H3,(H,35,36)/t21-,22+,23+,24?,25+,26+,29-,30-/m0/s1. The van der Waals surface area contributed by atoms with Gasteiger partial charge in [-0.2, -0.15) is 0 Å². The number of amides is 1. The number of likely N-dealkylation sites (N-methyl/N-ethyl adjacent to an activating group) is 1. The second kappa shape index (κ2) is 10.8. The van der Waals surface area contributed by atoms with Crippen LogP contribution in [0.1, 0.15) is 78.6 Å². The molecule has 9 nitrogen and oxygen atoms in total. The number of hydrogen-bond donors (Lipinski definition) is 1. The van der Waals surface area contributed by atoms with E-state index in [0.29, 0.717) is 19.1 Å². The second-order valence-corrected chi connectivity index (χ2v) is 13.0. The van der Waals surface area contributed by atoms with Crippen molar-refractivity contribution in [2.45, 2.75) is 115 Å². The molecule has 1 aromatic rings. The Hall–Kier alpha value is -1.94. The predicted octanol–water partition coefficient (Wildman–Crippen LogP) is 4.73. The summed E-state index contributed by atoms with van der Waals surface area (Å²) in [4.78, 5) is 22.0. The van der Waals surface area contributed by atoms with Crippen LogP contribution in [-0.4, -0.2) is 93.4 Å². The molecule has 1 saturated carbocycles. The number of hydrogen-bond acceptors (Lipinski definition) is 6. The van der Waals surface area contributed by atoms with Gasteiger partial charge in [0.1, 0.15) is 11.4 Å². The van der Waals surface area contributed by atoms with E-state index in [-0.39, 0.29) is 35.7 Å². The van der Waals surface area contributed by atoms with Crippen molar-refractivity contribution in [2.75, 3.05) is 27.3 Å². The smallest absolute Gasteiger partial charge is 0.408 e. The van der Waals surface area contributed by atoms with E-state index < -0.39 is 17.7 Å². The zero-order valence-corrected chi connectivity index (χ0v) is 24.8. The summed E-state index contributed by atoms with van der Waals surface area (Å²) in [6, 6.07) is -0.286. The Balaban J connectivity index is 1.46. The molecule has 4 fully saturated rings. The molecule has 218 valence electrons. The molecule has 8 atom stereocenters. The molecule has 9 heteroatoms. The van der Waals surface area contributed by atoms with Crippen molar-refractivity contribution in [2.24, 2.45) is 11.8 Å². The monoisotopic (exact) mass is 544 g/mol. The number of carbonyl (C=O) groups is 1. The molecule has 4 heterocycles. The Morgan fingerprint density at radius 3 is 2.67 bits per heavy atom. The summed E-state index contributed by atoms with van der Waals surface area (Å²) in [5, 5.41) is 10.8. The highest BCUT2D eigenvalue weighted by molar-refractivity contribution is 5.66. The molecule has 39 heavy (non-hydrogen) atoms. The average molecular weight is 545 g/mol. The van der Waals surface area contributed by atoms with Crippen LogP contribution in [0.15, 0.2) is 24.0 Å². The maximum Gasteiger partial charge on any atom is 0.408 e. The molecule has 1 unspecified atom stereocenters. The van der Waals surface area contributed by atoms with Crippen LogP contribution in [0.4, 0.5) is 4.79 Å². The van der Waals surface area contributed by atoms with Gasteiger partial charge in [-0.25, -0.2) is 9.78 Å². The lowest BCUT2D eigenvalue weighted by molar-refractivity contribution is -0.103. The minimum atomic E-state index is -0.928. The lowest BCUT2D eigenvalue weighted by Crippen LogP contribution is -2.61. The number of nitrogens with zero attached hydrogens (tertiary/aromatic N) is 4. The fourth-order valence-electron chi connectivity index (χ4n) is 7.65. The lowest BCUT2D eigenvalue weighted by atomic mass is 9.67. The summed E-state index contributed by atoms with van der Waals surface area (Å²) >= 11 is 0. The first-order valence-electron chi connectivity index (χ1n) is 14.7. The summed E-state index contributed by atoms with van der Waals surface area (Å²) < 4.78 is 20.9. The molecule has 1 aromatic heterocycles. The zero-order chi connectivity index (χ0) is 28.1. The molecular weight excluding hydrogens is 496 g/mol. The number of ether oxygens (including phenoxy) is 3. The van der Waals surface area contributed by atoms with Crippen LogP contribution >= 0.6 is 0 Å². The Labute approximate surface area is 233 Å². The molecule has 1 spiro atoms. The molecule has 0 aromatic carbocycles. The van der Waals surface area contributed by atoms with Crippen LogP contribution < -0.4 is 0 Å². The highest BCUT2D eigenvalue weighted by Gasteiger charge is 2.72. The summed E-state index contributed by atoms with van der Waals surface area (Å²) in [5.74, 6) is 0.800. The maximum absolute atomic E-state index is 13.2. The molecule has 1 amide bonds. The van der Waals surface area contributed by atoms with E-state index >= 15 is 0 Å². The zero-order valence-electron chi connectivity index (χ0n) is 24.8. The number of aromatic nitrogens is 2. The van der Waals surface area contributed by atoms with E-state index in [1.807, 2.05) is 12.4 Å². The number of epoxide rings is 2. The second-order valence-electron chi connectivity index (χ2n) is 13.0. The molecular formula is C30H48N4O5. The van der Waals surface area contributed by atoms with E-state index in [1.54, 1.807) is 12.0 Å². The van der Waals surface area contributed by atoms with Gasteiger partial charge in [0.15, 0.2) is 0 Å². The molecule has 1 aliphatic carbocycles. The number of likely N-dealkylation sites (tertiary alicyclic amines) is 1. The first kappa shape index (κ1) is 28.6. The van der Waals surface area contributed by atoms with E-state index in [9.17, 15) is 9.90 Å². The van der Waals surface area contributed by atoms with Gasteiger partial charge in [-0.05, 0) is 72.4 Å². The molecule has 3 saturated heterocycles. The van der Waals surface area contributed by atoms with Gasteiger partial charge in [-0.3, -0.25) is 4.90 Å². The van der Waals surface area contributed by atoms with Gasteiger partial charge in [0.25, 0.3) is 0 Å². The van der Waals surface area contributed by atoms with Gasteiger partial charge < -0.3 is 28.8 Å². The first-order valence-corrected chi connectivity index (χ1v) is 14.7. The molecule has 0 radical (unpaired) electrons. The Bertz CT molecular complexity index is 1060. The van der Waals surface area contributed by atoms with Gasteiger partial charge >= 0.3 is 6.09 Å². The number of imidazole rings is 1. The fraction of sp³-hybridized carbons (Fsp3) is 0.800. The summed E-state index contributed by atoms with van der Waals surface area (Å²) in [7, 11) is 3.88. The quantitative estimate of drug-likeness (QED) is 0.336. The van der Waals surface area contributed by atoms with Crippen LogP contribution in [-0.2, 0) is 20.8 Å². The molecule has 5 rings (SSSR count). The fourth-order valence-corrected chi connectivity index (χ4v) is 7.65. The third-order valence-corrected chi connectivity index (χ3v) is 9.86. The minimum Gasteiger partial charge on any atom is -0.465 e. The van der Waals surface area contributed by atoms with Crippen molar-refractivity contribution in [3.63, 3.8) is 0 Å². The van der Waals surface area contributed by atoms with Crippen molar-refractivity contribution >= 4 is 6.09 Å².